The first-order valence-electron chi connectivity index (χ1n) is 6.13. The molecule has 1 N–H and O–H groups in total. The van der Waals surface area contributed by atoms with Crippen molar-refractivity contribution in [3.63, 3.8) is 0 Å². The summed E-state index contributed by atoms with van der Waals surface area (Å²) >= 11 is 0. The number of carbonyl (C=O) groups is 1. The number of hydrogen-bond donors (Lipinski definition) is 1. The van der Waals surface area contributed by atoms with Gasteiger partial charge in [0.2, 0.25) is 0 Å². The SMILES string of the molecule is O=C(O)CCN1CCCC[C@H]1c1cccnc1. The molecule has 1 aliphatic rings. The molecule has 0 aliphatic carbocycles. The van der Waals surface area contributed by atoms with Gasteiger partial charge in [-0.1, -0.05) is 12.5 Å². The fraction of sp³-hybridized carbons (Fsp3) is 0.538. The average molecular weight is 234 g/mol. The second-order valence-electron chi connectivity index (χ2n) is 4.48. The maximum atomic E-state index is 10.6. The zero-order valence-electron chi connectivity index (χ0n) is 9.88. The molecule has 1 aliphatic heterocycles. The Kier molecular flexibility index (Phi) is 4.09. The molecule has 0 amide bonds. The third-order valence-electron chi connectivity index (χ3n) is 3.30. The highest BCUT2D eigenvalue weighted by Crippen LogP contribution is 2.30. The Morgan fingerprint density at radius 1 is 1.53 bits per heavy atom. The van der Waals surface area contributed by atoms with Gasteiger partial charge in [-0.2, -0.15) is 0 Å². The summed E-state index contributed by atoms with van der Waals surface area (Å²) in [5.74, 6) is -0.722. The van der Waals surface area contributed by atoms with Gasteiger partial charge in [0.25, 0.3) is 0 Å². The summed E-state index contributed by atoms with van der Waals surface area (Å²) in [4.78, 5) is 17.1. The molecule has 1 aromatic heterocycles. The van der Waals surface area contributed by atoms with E-state index in [2.05, 4.69) is 16.0 Å². The van der Waals surface area contributed by atoms with Crippen molar-refractivity contribution in [2.45, 2.75) is 31.7 Å². The monoisotopic (exact) mass is 234 g/mol. The van der Waals surface area contributed by atoms with Crippen molar-refractivity contribution in [1.82, 2.24) is 9.88 Å². The third-order valence-corrected chi connectivity index (χ3v) is 3.30. The zero-order chi connectivity index (χ0) is 12.1. The Morgan fingerprint density at radius 2 is 2.41 bits per heavy atom. The molecule has 92 valence electrons. The number of pyridine rings is 1. The van der Waals surface area contributed by atoms with Crippen molar-refractivity contribution < 1.29 is 9.90 Å². The summed E-state index contributed by atoms with van der Waals surface area (Å²) in [6.07, 6.45) is 7.36. The van der Waals surface area contributed by atoms with Gasteiger partial charge in [0.1, 0.15) is 0 Å². The summed E-state index contributed by atoms with van der Waals surface area (Å²) in [5.41, 5.74) is 1.21. The highest BCUT2D eigenvalue weighted by Gasteiger charge is 2.24. The van der Waals surface area contributed by atoms with E-state index in [0.717, 1.165) is 19.4 Å². The summed E-state index contributed by atoms with van der Waals surface area (Å²) in [6, 6.07) is 4.37. The molecule has 4 heteroatoms. The lowest BCUT2D eigenvalue weighted by molar-refractivity contribution is -0.137. The summed E-state index contributed by atoms with van der Waals surface area (Å²) in [6.45, 7) is 1.63. The van der Waals surface area contributed by atoms with E-state index in [4.69, 9.17) is 5.11 Å². The van der Waals surface area contributed by atoms with Gasteiger partial charge in [0.05, 0.1) is 6.42 Å². The van der Waals surface area contributed by atoms with E-state index in [-0.39, 0.29) is 6.42 Å². The van der Waals surface area contributed by atoms with Crippen LogP contribution in [0.15, 0.2) is 24.5 Å². The number of nitrogens with zero attached hydrogens (tertiary/aromatic N) is 2. The van der Waals surface area contributed by atoms with Crippen LogP contribution in [0.25, 0.3) is 0 Å². The minimum atomic E-state index is -0.722. The third kappa shape index (κ3) is 3.27. The average Bonchev–Trinajstić information content (AvgIpc) is 2.38. The number of likely N-dealkylation sites (tertiary alicyclic amines) is 1. The van der Waals surface area contributed by atoms with Crippen LogP contribution >= 0.6 is 0 Å². The highest BCUT2D eigenvalue weighted by molar-refractivity contribution is 5.66. The minimum Gasteiger partial charge on any atom is -0.481 e. The Bertz CT molecular complexity index is 367. The summed E-state index contributed by atoms with van der Waals surface area (Å²) < 4.78 is 0. The first kappa shape index (κ1) is 12.0. The van der Waals surface area contributed by atoms with Gasteiger partial charge in [-0.05, 0) is 31.0 Å². The Labute approximate surface area is 101 Å². The smallest absolute Gasteiger partial charge is 0.304 e. The van der Waals surface area contributed by atoms with Gasteiger partial charge in [-0.15, -0.1) is 0 Å². The molecule has 1 atom stereocenters. The number of rotatable bonds is 4. The predicted octanol–water partition coefficient (Wildman–Crippen LogP) is 2.08. The molecular formula is C13H18N2O2. The van der Waals surface area contributed by atoms with E-state index < -0.39 is 5.97 Å². The van der Waals surface area contributed by atoms with Crippen molar-refractivity contribution >= 4 is 5.97 Å². The molecule has 0 unspecified atom stereocenters. The number of piperidine rings is 1. The first-order valence-corrected chi connectivity index (χ1v) is 6.13. The van der Waals surface area contributed by atoms with Crippen LogP contribution in [-0.2, 0) is 4.79 Å². The van der Waals surface area contributed by atoms with Gasteiger partial charge in [-0.25, -0.2) is 0 Å². The lowest BCUT2D eigenvalue weighted by Gasteiger charge is -2.35. The zero-order valence-corrected chi connectivity index (χ0v) is 9.88. The van der Waals surface area contributed by atoms with Crippen molar-refractivity contribution in [3.05, 3.63) is 30.1 Å². The molecule has 17 heavy (non-hydrogen) atoms. The first-order chi connectivity index (χ1) is 8.27. The number of hydrogen-bond acceptors (Lipinski definition) is 3. The normalized spacial score (nSPS) is 21.3. The molecule has 4 nitrogen and oxygen atoms in total. The number of aromatic nitrogens is 1. The Balaban J connectivity index is 2.04. The van der Waals surface area contributed by atoms with E-state index in [1.807, 2.05) is 12.3 Å². The van der Waals surface area contributed by atoms with E-state index in [9.17, 15) is 4.79 Å². The molecule has 2 rings (SSSR count). The van der Waals surface area contributed by atoms with Crippen molar-refractivity contribution in [2.75, 3.05) is 13.1 Å². The van der Waals surface area contributed by atoms with Gasteiger partial charge in [0.15, 0.2) is 0 Å². The number of carboxylic acid groups (broad SMARTS) is 1. The topological polar surface area (TPSA) is 53.4 Å². The van der Waals surface area contributed by atoms with Crippen molar-refractivity contribution in [3.8, 4) is 0 Å². The molecule has 0 spiro atoms. The molecule has 1 fully saturated rings. The predicted molar refractivity (Wildman–Crippen MR) is 64.7 cm³/mol. The molecule has 0 aromatic carbocycles. The lowest BCUT2D eigenvalue weighted by atomic mass is 9.96. The Morgan fingerprint density at radius 3 is 3.12 bits per heavy atom. The van der Waals surface area contributed by atoms with Crippen LogP contribution in [-0.4, -0.2) is 34.0 Å². The maximum absolute atomic E-state index is 10.6. The van der Waals surface area contributed by atoms with Crippen LogP contribution in [0.5, 0.6) is 0 Å². The lowest BCUT2D eigenvalue weighted by Crippen LogP contribution is -2.35. The van der Waals surface area contributed by atoms with Crippen LogP contribution in [0.1, 0.15) is 37.3 Å². The maximum Gasteiger partial charge on any atom is 0.304 e. The summed E-state index contributed by atoms with van der Waals surface area (Å²) in [5, 5.41) is 8.76. The molecular weight excluding hydrogens is 216 g/mol. The highest BCUT2D eigenvalue weighted by atomic mass is 16.4. The quantitative estimate of drug-likeness (QED) is 0.866. The van der Waals surface area contributed by atoms with Gasteiger partial charge >= 0.3 is 5.97 Å². The standard InChI is InChI=1S/C13H18N2O2/c16-13(17)6-9-15-8-2-1-5-12(15)11-4-3-7-14-10-11/h3-4,7,10,12H,1-2,5-6,8-9H2,(H,16,17)/t12-/m0/s1. The Hall–Kier alpha value is -1.42. The fourth-order valence-electron chi connectivity index (χ4n) is 2.45. The van der Waals surface area contributed by atoms with Gasteiger partial charge < -0.3 is 5.11 Å². The largest absolute Gasteiger partial charge is 0.481 e. The van der Waals surface area contributed by atoms with E-state index in [1.165, 1.54) is 12.0 Å². The van der Waals surface area contributed by atoms with Gasteiger partial charge in [-0.3, -0.25) is 14.7 Å². The molecule has 1 saturated heterocycles. The van der Waals surface area contributed by atoms with Crippen LogP contribution in [0, 0.1) is 0 Å². The van der Waals surface area contributed by atoms with Crippen molar-refractivity contribution in [1.29, 1.82) is 0 Å². The molecule has 0 radical (unpaired) electrons. The van der Waals surface area contributed by atoms with Crippen LogP contribution in [0.3, 0.4) is 0 Å². The van der Waals surface area contributed by atoms with Gasteiger partial charge in [0, 0.05) is 25.0 Å². The molecule has 2 heterocycles. The van der Waals surface area contributed by atoms with E-state index in [0.29, 0.717) is 12.6 Å². The second-order valence-corrected chi connectivity index (χ2v) is 4.48. The summed E-state index contributed by atoms with van der Waals surface area (Å²) in [7, 11) is 0. The molecule has 1 aromatic rings. The van der Waals surface area contributed by atoms with E-state index >= 15 is 0 Å². The number of aliphatic carboxylic acids is 1. The van der Waals surface area contributed by atoms with E-state index in [1.54, 1.807) is 6.20 Å². The van der Waals surface area contributed by atoms with Crippen LogP contribution < -0.4 is 0 Å². The van der Waals surface area contributed by atoms with Crippen LogP contribution in [0.4, 0.5) is 0 Å². The minimum absolute atomic E-state index is 0.219. The molecule has 0 saturated carbocycles. The fourth-order valence-corrected chi connectivity index (χ4v) is 2.45. The second kappa shape index (κ2) is 5.77. The van der Waals surface area contributed by atoms with Crippen LogP contribution in [0.2, 0.25) is 0 Å². The molecule has 0 bridgehead atoms. The number of carboxylic acids is 1. The van der Waals surface area contributed by atoms with Crippen molar-refractivity contribution in [2.24, 2.45) is 0 Å².